The minimum absolute atomic E-state index is 0.00169. The molecule has 3 nitrogen and oxygen atoms in total. The molecule has 0 aliphatic carbocycles. The van der Waals surface area contributed by atoms with Crippen molar-refractivity contribution >= 4 is 15.9 Å². The third-order valence-electron chi connectivity index (χ3n) is 3.00. The summed E-state index contributed by atoms with van der Waals surface area (Å²) in [7, 11) is 1.88. The Morgan fingerprint density at radius 3 is 2.62 bits per heavy atom. The van der Waals surface area contributed by atoms with Crippen LogP contribution in [0.25, 0.3) is 0 Å². The van der Waals surface area contributed by atoms with E-state index in [1.54, 1.807) is 0 Å². The maximum atomic E-state index is 9.30. The fraction of sp³-hybridized carbons (Fsp3) is 0.417. The van der Waals surface area contributed by atoms with Crippen molar-refractivity contribution in [1.82, 2.24) is 5.32 Å². The molecule has 0 aromatic heterocycles. The molecule has 0 amide bonds. The van der Waals surface area contributed by atoms with Crippen LogP contribution in [0.1, 0.15) is 11.6 Å². The Morgan fingerprint density at radius 2 is 2.19 bits per heavy atom. The zero-order valence-corrected chi connectivity index (χ0v) is 10.6. The summed E-state index contributed by atoms with van der Waals surface area (Å²) in [5.74, 6) is 0. The number of benzene rings is 1. The van der Waals surface area contributed by atoms with Crippen LogP contribution < -0.4 is 5.32 Å². The standard InChI is InChI=1S/C12H13BrN2O/c1-15-11(12(6-14)7-16-8-12)9-4-2-3-5-10(9)13/h2-5,11,15H,7-8H2,1H3. The van der Waals surface area contributed by atoms with Crippen molar-refractivity contribution < 1.29 is 4.74 Å². The molecule has 16 heavy (non-hydrogen) atoms. The molecule has 0 bridgehead atoms. The first kappa shape index (κ1) is 11.6. The van der Waals surface area contributed by atoms with E-state index in [-0.39, 0.29) is 6.04 Å². The van der Waals surface area contributed by atoms with Crippen molar-refractivity contribution in [2.45, 2.75) is 6.04 Å². The summed E-state index contributed by atoms with van der Waals surface area (Å²) in [5.41, 5.74) is 0.674. The number of rotatable bonds is 3. The minimum atomic E-state index is -0.432. The zero-order valence-electron chi connectivity index (χ0n) is 9.03. The summed E-state index contributed by atoms with van der Waals surface area (Å²) in [6.45, 7) is 0.993. The maximum Gasteiger partial charge on any atom is 0.123 e. The third kappa shape index (κ3) is 1.75. The maximum absolute atomic E-state index is 9.30. The highest BCUT2D eigenvalue weighted by Crippen LogP contribution is 2.41. The molecule has 0 radical (unpaired) electrons. The number of hydrogen-bond acceptors (Lipinski definition) is 3. The molecule has 1 aromatic rings. The lowest BCUT2D eigenvalue weighted by molar-refractivity contribution is -0.0964. The average Bonchev–Trinajstić information content (AvgIpc) is 2.25. The van der Waals surface area contributed by atoms with E-state index in [1.165, 1.54) is 0 Å². The van der Waals surface area contributed by atoms with Crippen LogP contribution in [0.4, 0.5) is 0 Å². The van der Waals surface area contributed by atoms with E-state index in [4.69, 9.17) is 4.74 Å². The Balaban J connectivity index is 2.37. The van der Waals surface area contributed by atoms with E-state index in [0.29, 0.717) is 13.2 Å². The van der Waals surface area contributed by atoms with E-state index >= 15 is 0 Å². The Kier molecular flexibility index (Phi) is 3.29. The van der Waals surface area contributed by atoms with Gasteiger partial charge in [-0.05, 0) is 18.7 Å². The number of ether oxygens (including phenoxy) is 1. The molecule has 1 aliphatic heterocycles. The Hall–Kier alpha value is -0.890. The molecule has 2 rings (SSSR count). The van der Waals surface area contributed by atoms with Crippen molar-refractivity contribution in [3.8, 4) is 6.07 Å². The molecular formula is C12H13BrN2O. The van der Waals surface area contributed by atoms with Gasteiger partial charge < -0.3 is 10.1 Å². The first-order chi connectivity index (χ1) is 7.73. The van der Waals surface area contributed by atoms with Gasteiger partial charge in [-0.2, -0.15) is 5.26 Å². The van der Waals surface area contributed by atoms with Crippen LogP contribution >= 0.6 is 15.9 Å². The topological polar surface area (TPSA) is 45.0 Å². The molecule has 1 atom stereocenters. The molecule has 1 unspecified atom stereocenters. The van der Waals surface area contributed by atoms with E-state index < -0.39 is 5.41 Å². The second-order valence-electron chi connectivity index (χ2n) is 4.00. The summed E-state index contributed by atoms with van der Waals surface area (Å²) in [4.78, 5) is 0. The largest absolute Gasteiger partial charge is 0.378 e. The van der Waals surface area contributed by atoms with Crippen LogP contribution in [-0.2, 0) is 4.74 Å². The van der Waals surface area contributed by atoms with E-state index in [2.05, 4.69) is 27.3 Å². The smallest absolute Gasteiger partial charge is 0.123 e. The zero-order chi connectivity index (χ0) is 11.6. The van der Waals surface area contributed by atoms with Crippen LogP contribution in [0.2, 0.25) is 0 Å². The molecule has 1 fully saturated rings. The predicted octanol–water partition coefficient (Wildman–Crippen LogP) is 2.25. The number of nitrogens with zero attached hydrogens (tertiary/aromatic N) is 1. The lowest BCUT2D eigenvalue weighted by atomic mass is 9.76. The van der Waals surface area contributed by atoms with Crippen molar-refractivity contribution in [3.63, 3.8) is 0 Å². The lowest BCUT2D eigenvalue weighted by Crippen LogP contribution is -2.50. The number of nitrogens with one attached hydrogen (secondary N) is 1. The van der Waals surface area contributed by atoms with E-state index in [1.807, 2.05) is 31.3 Å². The van der Waals surface area contributed by atoms with Gasteiger partial charge in [0, 0.05) is 4.47 Å². The van der Waals surface area contributed by atoms with Crippen LogP contribution in [0.5, 0.6) is 0 Å². The molecule has 0 saturated carbocycles. The van der Waals surface area contributed by atoms with Crippen molar-refractivity contribution in [3.05, 3.63) is 34.3 Å². The van der Waals surface area contributed by atoms with Crippen LogP contribution in [0, 0.1) is 16.7 Å². The Bertz CT molecular complexity index is 423. The van der Waals surface area contributed by atoms with Gasteiger partial charge in [0.05, 0.1) is 25.3 Å². The second kappa shape index (κ2) is 4.54. The first-order valence-electron chi connectivity index (χ1n) is 5.14. The average molecular weight is 281 g/mol. The number of nitriles is 1. The van der Waals surface area contributed by atoms with E-state index in [9.17, 15) is 5.26 Å². The van der Waals surface area contributed by atoms with Gasteiger partial charge in [0.2, 0.25) is 0 Å². The fourth-order valence-corrected chi connectivity index (χ4v) is 2.57. The third-order valence-corrected chi connectivity index (χ3v) is 3.72. The fourth-order valence-electron chi connectivity index (χ4n) is 2.06. The predicted molar refractivity (Wildman–Crippen MR) is 64.8 cm³/mol. The van der Waals surface area contributed by atoms with Gasteiger partial charge >= 0.3 is 0 Å². The van der Waals surface area contributed by atoms with Gasteiger partial charge in [0.15, 0.2) is 0 Å². The minimum Gasteiger partial charge on any atom is -0.378 e. The molecule has 1 N–H and O–H groups in total. The van der Waals surface area contributed by atoms with E-state index in [0.717, 1.165) is 10.0 Å². The molecule has 1 aromatic carbocycles. The molecule has 4 heteroatoms. The quantitative estimate of drug-likeness (QED) is 0.924. The highest BCUT2D eigenvalue weighted by molar-refractivity contribution is 9.10. The van der Waals surface area contributed by atoms with Crippen molar-refractivity contribution in [1.29, 1.82) is 5.26 Å². The molecule has 84 valence electrons. The SMILES string of the molecule is CNC(c1ccccc1Br)C1(C#N)COC1. The summed E-state index contributed by atoms with van der Waals surface area (Å²) in [6.07, 6.45) is 0. The monoisotopic (exact) mass is 280 g/mol. The molecular weight excluding hydrogens is 268 g/mol. The van der Waals surface area contributed by atoms with Crippen molar-refractivity contribution in [2.75, 3.05) is 20.3 Å². The summed E-state index contributed by atoms with van der Waals surface area (Å²) in [5, 5.41) is 12.5. The second-order valence-corrected chi connectivity index (χ2v) is 4.86. The Labute approximate surface area is 104 Å². The summed E-state index contributed by atoms with van der Waals surface area (Å²) >= 11 is 3.52. The van der Waals surface area contributed by atoms with Gasteiger partial charge in [-0.1, -0.05) is 34.1 Å². The summed E-state index contributed by atoms with van der Waals surface area (Å²) in [6, 6.07) is 10.4. The van der Waals surface area contributed by atoms with Gasteiger partial charge in [-0.15, -0.1) is 0 Å². The van der Waals surface area contributed by atoms with Crippen LogP contribution in [-0.4, -0.2) is 20.3 Å². The highest BCUT2D eigenvalue weighted by Gasteiger charge is 2.47. The number of hydrogen-bond donors (Lipinski definition) is 1. The summed E-state index contributed by atoms with van der Waals surface area (Å²) < 4.78 is 6.22. The van der Waals surface area contributed by atoms with Crippen molar-refractivity contribution in [2.24, 2.45) is 5.41 Å². The normalized spacial score (nSPS) is 19.6. The Morgan fingerprint density at radius 1 is 1.50 bits per heavy atom. The van der Waals surface area contributed by atoms with Crippen LogP contribution in [0.15, 0.2) is 28.7 Å². The van der Waals surface area contributed by atoms with Gasteiger partial charge in [0.25, 0.3) is 0 Å². The number of halogens is 1. The lowest BCUT2D eigenvalue weighted by Gasteiger charge is -2.41. The van der Waals surface area contributed by atoms with Gasteiger partial charge in [-0.25, -0.2) is 0 Å². The molecule has 0 spiro atoms. The molecule has 1 saturated heterocycles. The first-order valence-corrected chi connectivity index (χ1v) is 5.93. The molecule has 1 heterocycles. The van der Waals surface area contributed by atoms with Gasteiger partial charge in [0.1, 0.15) is 5.41 Å². The van der Waals surface area contributed by atoms with Crippen LogP contribution in [0.3, 0.4) is 0 Å². The highest BCUT2D eigenvalue weighted by atomic mass is 79.9. The van der Waals surface area contributed by atoms with Gasteiger partial charge in [-0.3, -0.25) is 0 Å². The molecule has 1 aliphatic rings.